The lowest BCUT2D eigenvalue weighted by molar-refractivity contribution is -0.132. The number of aliphatic hydroxyl groups excluding tert-OH is 2. The van der Waals surface area contributed by atoms with Gasteiger partial charge in [-0.15, -0.1) is 0 Å². The number of nitriles is 1. The molecule has 4 N–H and O–H groups in total. The number of rotatable bonds is 6. The van der Waals surface area contributed by atoms with E-state index in [9.17, 15) is 15.0 Å². The SMILES string of the molecule is Cc1cc(Oc2ccc(-c3cccc([C@H](O)[C@@H](O)C(N)=O)n3)cc2)ccc1C#N. The van der Waals surface area contributed by atoms with E-state index in [1.54, 1.807) is 54.6 Å². The fraction of sp³-hybridized carbons (Fsp3) is 0.136. The molecule has 0 aliphatic heterocycles. The first-order valence-corrected chi connectivity index (χ1v) is 8.80. The molecule has 0 unspecified atom stereocenters. The lowest BCUT2D eigenvalue weighted by Gasteiger charge is -2.15. The Labute approximate surface area is 167 Å². The van der Waals surface area contributed by atoms with Crippen molar-refractivity contribution in [1.29, 1.82) is 5.26 Å². The van der Waals surface area contributed by atoms with Crippen LogP contribution in [0.25, 0.3) is 11.3 Å². The van der Waals surface area contributed by atoms with Crippen molar-refractivity contribution in [1.82, 2.24) is 4.98 Å². The highest BCUT2D eigenvalue weighted by molar-refractivity contribution is 5.79. The number of pyridine rings is 1. The quantitative estimate of drug-likeness (QED) is 0.594. The van der Waals surface area contributed by atoms with Crippen molar-refractivity contribution in [2.24, 2.45) is 5.73 Å². The van der Waals surface area contributed by atoms with Crippen LogP contribution in [-0.2, 0) is 4.79 Å². The molecule has 0 saturated heterocycles. The van der Waals surface area contributed by atoms with Gasteiger partial charge in [-0.3, -0.25) is 4.79 Å². The number of aromatic nitrogens is 1. The number of hydrogen-bond donors (Lipinski definition) is 3. The van der Waals surface area contributed by atoms with Crippen molar-refractivity contribution < 1.29 is 19.7 Å². The van der Waals surface area contributed by atoms with Gasteiger partial charge >= 0.3 is 0 Å². The summed E-state index contributed by atoms with van der Waals surface area (Å²) < 4.78 is 5.82. The predicted molar refractivity (Wildman–Crippen MR) is 106 cm³/mol. The van der Waals surface area contributed by atoms with Crippen molar-refractivity contribution in [2.45, 2.75) is 19.1 Å². The van der Waals surface area contributed by atoms with Gasteiger partial charge in [0, 0.05) is 5.56 Å². The maximum atomic E-state index is 11.1. The number of amides is 1. The highest BCUT2D eigenvalue weighted by Crippen LogP contribution is 2.27. The van der Waals surface area contributed by atoms with E-state index >= 15 is 0 Å². The Morgan fingerprint density at radius 2 is 1.79 bits per heavy atom. The van der Waals surface area contributed by atoms with Gasteiger partial charge in [-0.2, -0.15) is 5.26 Å². The molecule has 1 aromatic heterocycles. The van der Waals surface area contributed by atoms with Gasteiger partial charge in [0.1, 0.15) is 17.6 Å². The molecule has 3 rings (SSSR count). The Morgan fingerprint density at radius 3 is 2.41 bits per heavy atom. The number of primary amides is 1. The summed E-state index contributed by atoms with van der Waals surface area (Å²) in [7, 11) is 0. The molecule has 0 fully saturated rings. The first-order chi connectivity index (χ1) is 13.9. The summed E-state index contributed by atoms with van der Waals surface area (Å²) in [5, 5.41) is 28.7. The largest absolute Gasteiger partial charge is 0.457 e. The lowest BCUT2D eigenvalue weighted by Crippen LogP contribution is -2.34. The molecule has 0 saturated carbocycles. The zero-order valence-electron chi connectivity index (χ0n) is 15.6. The van der Waals surface area contributed by atoms with Gasteiger partial charge in [-0.1, -0.05) is 6.07 Å². The summed E-state index contributed by atoms with van der Waals surface area (Å²) in [4.78, 5) is 15.4. The highest BCUT2D eigenvalue weighted by atomic mass is 16.5. The van der Waals surface area contributed by atoms with Gasteiger partial charge in [0.15, 0.2) is 6.10 Å². The third-order valence-electron chi connectivity index (χ3n) is 4.37. The van der Waals surface area contributed by atoms with Crippen molar-refractivity contribution in [3.8, 4) is 28.8 Å². The van der Waals surface area contributed by atoms with E-state index in [4.69, 9.17) is 15.7 Å². The summed E-state index contributed by atoms with van der Waals surface area (Å²) in [5.74, 6) is 0.209. The fourth-order valence-corrected chi connectivity index (χ4v) is 2.75. The number of aliphatic hydroxyl groups is 2. The molecule has 0 radical (unpaired) electrons. The Kier molecular flexibility index (Phi) is 5.88. The van der Waals surface area contributed by atoms with Crippen LogP contribution in [0.1, 0.15) is 22.9 Å². The Morgan fingerprint density at radius 1 is 1.10 bits per heavy atom. The average molecular weight is 389 g/mol. The van der Waals surface area contributed by atoms with Crippen LogP contribution < -0.4 is 10.5 Å². The Hall–Kier alpha value is -3.73. The molecular weight excluding hydrogens is 370 g/mol. The standard InChI is InChI=1S/C22H19N3O4/c1-13-11-17(10-7-15(13)12-23)29-16-8-5-14(6-9-16)18-3-2-4-19(25-18)20(26)21(27)22(24)28/h2-11,20-21,26-27H,1H3,(H2,24,28)/t20-,21+/m0/s1. The van der Waals surface area contributed by atoms with Crippen LogP contribution in [-0.4, -0.2) is 27.2 Å². The molecule has 146 valence electrons. The minimum absolute atomic E-state index is 0.141. The summed E-state index contributed by atoms with van der Waals surface area (Å²) in [6.07, 6.45) is -3.24. The van der Waals surface area contributed by atoms with E-state index in [-0.39, 0.29) is 5.69 Å². The van der Waals surface area contributed by atoms with Gasteiger partial charge in [-0.05, 0) is 67.1 Å². The minimum atomic E-state index is -1.73. The molecule has 7 heteroatoms. The number of aryl methyl sites for hydroxylation is 1. The van der Waals surface area contributed by atoms with E-state index in [0.717, 1.165) is 11.1 Å². The first kappa shape index (κ1) is 20.0. The zero-order chi connectivity index (χ0) is 21.0. The molecule has 0 spiro atoms. The van der Waals surface area contributed by atoms with Gasteiger partial charge in [0.05, 0.1) is 23.0 Å². The predicted octanol–water partition coefficient (Wildman–Crippen LogP) is 2.60. The third-order valence-corrected chi connectivity index (χ3v) is 4.37. The zero-order valence-corrected chi connectivity index (χ0v) is 15.6. The van der Waals surface area contributed by atoms with Crippen LogP contribution in [0, 0.1) is 18.3 Å². The molecular formula is C22H19N3O4. The first-order valence-electron chi connectivity index (χ1n) is 8.80. The van der Waals surface area contributed by atoms with Crippen LogP contribution in [0.4, 0.5) is 0 Å². The molecule has 3 aromatic rings. The molecule has 1 amide bonds. The van der Waals surface area contributed by atoms with Crippen molar-refractivity contribution >= 4 is 5.91 Å². The minimum Gasteiger partial charge on any atom is -0.457 e. The molecule has 0 aliphatic rings. The molecule has 2 atom stereocenters. The van der Waals surface area contributed by atoms with Crippen molar-refractivity contribution in [3.63, 3.8) is 0 Å². The summed E-state index contributed by atoms with van der Waals surface area (Å²) >= 11 is 0. The maximum Gasteiger partial charge on any atom is 0.249 e. The smallest absolute Gasteiger partial charge is 0.249 e. The molecule has 2 aromatic carbocycles. The van der Waals surface area contributed by atoms with E-state index < -0.39 is 18.1 Å². The van der Waals surface area contributed by atoms with Gasteiger partial charge in [0.2, 0.25) is 5.91 Å². The number of nitrogens with two attached hydrogens (primary N) is 1. The number of hydrogen-bond acceptors (Lipinski definition) is 6. The van der Waals surface area contributed by atoms with Crippen LogP contribution in [0.2, 0.25) is 0 Å². The van der Waals surface area contributed by atoms with E-state index in [1.165, 1.54) is 6.07 Å². The fourth-order valence-electron chi connectivity index (χ4n) is 2.75. The number of benzene rings is 2. The summed E-state index contributed by atoms with van der Waals surface area (Å²) in [5.41, 5.74) is 7.91. The normalized spacial score (nSPS) is 12.6. The lowest BCUT2D eigenvalue weighted by atomic mass is 10.1. The Balaban J connectivity index is 1.78. The van der Waals surface area contributed by atoms with Crippen LogP contribution in [0.15, 0.2) is 60.7 Å². The molecule has 1 heterocycles. The monoisotopic (exact) mass is 389 g/mol. The van der Waals surface area contributed by atoms with Gasteiger partial charge in [-0.25, -0.2) is 4.98 Å². The second-order valence-electron chi connectivity index (χ2n) is 6.45. The van der Waals surface area contributed by atoms with E-state index in [2.05, 4.69) is 11.1 Å². The number of carbonyl (C=O) groups excluding carboxylic acids is 1. The second kappa shape index (κ2) is 8.52. The molecule has 29 heavy (non-hydrogen) atoms. The van der Waals surface area contributed by atoms with Gasteiger partial charge in [0.25, 0.3) is 0 Å². The van der Waals surface area contributed by atoms with E-state index in [1.807, 2.05) is 6.92 Å². The Bertz CT molecular complexity index is 1070. The maximum absolute atomic E-state index is 11.1. The van der Waals surface area contributed by atoms with Crippen LogP contribution in [0.5, 0.6) is 11.5 Å². The molecule has 0 bridgehead atoms. The van der Waals surface area contributed by atoms with Crippen molar-refractivity contribution in [2.75, 3.05) is 0 Å². The highest BCUT2D eigenvalue weighted by Gasteiger charge is 2.24. The van der Waals surface area contributed by atoms with Crippen molar-refractivity contribution in [3.05, 3.63) is 77.5 Å². The molecule has 7 nitrogen and oxygen atoms in total. The van der Waals surface area contributed by atoms with Crippen LogP contribution >= 0.6 is 0 Å². The van der Waals surface area contributed by atoms with E-state index in [0.29, 0.717) is 22.8 Å². The topological polar surface area (TPSA) is 129 Å². The van der Waals surface area contributed by atoms with Gasteiger partial charge < -0.3 is 20.7 Å². The average Bonchev–Trinajstić information content (AvgIpc) is 2.73. The number of nitrogens with zero attached hydrogens (tertiary/aromatic N) is 2. The molecule has 0 aliphatic carbocycles. The number of ether oxygens (including phenoxy) is 1. The number of carbonyl (C=O) groups is 1. The second-order valence-corrected chi connectivity index (χ2v) is 6.45. The summed E-state index contributed by atoms with van der Waals surface area (Å²) in [6, 6.07) is 19.4. The summed E-state index contributed by atoms with van der Waals surface area (Å²) in [6.45, 7) is 1.84. The van der Waals surface area contributed by atoms with Crippen LogP contribution in [0.3, 0.4) is 0 Å². The third kappa shape index (κ3) is 4.58.